The maximum absolute atomic E-state index is 13.2. The first-order valence-corrected chi connectivity index (χ1v) is 12.0. The highest BCUT2D eigenvalue weighted by atomic mass is 16.6. The molecule has 0 aliphatic carbocycles. The molecule has 0 N–H and O–H groups in total. The highest BCUT2D eigenvalue weighted by Gasteiger charge is 2.33. The van der Waals surface area contributed by atoms with E-state index in [2.05, 4.69) is 43.3 Å². The second kappa shape index (κ2) is 8.65. The quantitative estimate of drug-likeness (QED) is 0.314. The second-order valence-corrected chi connectivity index (χ2v) is 10.2. The Balaban J connectivity index is 1.91. The van der Waals surface area contributed by atoms with Crippen LogP contribution in [0.4, 0.5) is 0 Å². The third-order valence-corrected chi connectivity index (χ3v) is 6.53. The molecule has 0 bridgehead atoms. The van der Waals surface area contributed by atoms with Crippen LogP contribution in [0.15, 0.2) is 48.7 Å². The standard InChI is InChI=1S/C30H31NO4/c1-17-7-8-21-20(15-17)16-18(2)24(28(29(32)33-6)35-30(3,4)5)26(21)22-9-10-23-25-19(12-14-34-23)11-13-31-27(22)25/h7-11,13,15-16,28H,12,14H2,1-6H3/t28-/m0/s1. The molecule has 4 aromatic rings. The summed E-state index contributed by atoms with van der Waals surface area (Å²) >= 11 is 0. The molecule has 2 heterocycles. The minimum Gasteiger partial charge on any atom is -0.493 e. The van der Waals surface area contributed by atoms with Crippen molar-refractivity contribution in [2.45, 2.75) is 52.7 Å². The maximum Gasteiger partial charge on any atom is 0.339 e. The molecular weight excluding hydrogens is 438 g/mol. The van der Waals surface area contributed by atoms with Crippen molar-refractivity contribution in [3.63, 3.8) is 0 Å². The van der Waals surface area contributed by atoms with Crippen LogP contribution < -0.4 is 4.74 Å². The fraction of sp³-hybridized carbons (Fsp3) is 0.333. The van der Waals surface area contributed by atoms with Crippen LogP contribution in [-0.4, -0.2) is 30.3 Å². The van der Waals surface area contributed by atoms with Crippen LogP contribution in [0.25, 0.3) is 32.8 Å². The molecule has 1 atom stereocenters. The van der Waals surface area contributed by atoms with Crippen molar-refractivity contribution in [1.29, 1.82) is 0 Å². The van der Waals surface area contributed by atoms with E-state index in [-0.39, 0.29) is 0 Å². The van der Waals surface area contributed by atoms with Gasteiger partial charge in [-0.15, -0.1) is 0 Å². The number of methoxy groups -OCH3 is 1. The van der Waals surface area contributed by atoms with Crippen LogP contribution in [-0.2, 0) is 20.7 Å². The number of esters is 1. The summed E-state index contributed by atoms with van der Waals surface area (Å²) < 4.78 is 17.6. The predicted molar refractivity (Wildman–Crippen MR) is 139 cm³/mol. The third kappa shape index (κ3) is 4.14. The van der Waals surface area contributed by atoms with Crippen molar-refractivity contribution in [2.24, 2.45) is 0 Å². The van der Waals surface area contributed by atoms with Crippen LogP contribution in [0.5, 0.6) is 5.75 Å². The highest BCUT2D eigenvalue weighted by molar-refractivity contribution is 6.09. The summed E-state index contributed by atoms with van der Waals surface area (Å²) in [4.78, 5) is 18.0. The number of rotatable bonds is 4. The van der Waals surface area contributed by atoms with Gasteiger partial charge in [-0.2, -0.15) is 0 Å². The van der Waals surface area contributed by atoms with E-state index in [1.54, 1.807) is 0 Å². The van der Waals surface area contributed by atoms with Crippen molar-refractivity contribution in [1.82, 2.24) is 4.98 Å². The Hall–Kier alpha value is -3.44. The zero-order chi connectivity index (χ0) is 24.9. The normalized spacial score (nSPS) is 14.1. The first kappa shape index (κ1) is 23.3. The number of aryl methyl sites for hydroxylation is 2. The fourth-order valence-electron chi connectivity index (χ4n) is 5.10. The van der Waals surface area contributed by atoms with Crippen LogP contribution in [0, 0.1) is 13.8 Å². The van der Waals surface area contributed by atoms with Crippen LogP contribution >= 0.6 is 0 Å². The molecule has 0 amide bonds. The average molecular weight is 470 g/mol. The van der Waals surface area contributed by atoms with Crippen molar-refractivity contribution >= 4 is 27.6 Å². The van der Waals surface area contributed by atoms with E-state index < -0.39 is 17.7 Å². The van der Waals surface area contributed by atoms with Gasteiger partial charge in [0, 0.05) is 29.1 Å². The summed E-state index contributed by atoms with van der Waals surface area (Å²) in [5.41, 5.74) is 6.38. The molecule has 35 heavy (non-hydrogen) atoms. The van der Waals surface area contributed by atoms with Gasteiger partial charge in [-0.3, -0.25) is 4.98 Å². The van der Waals surface area contributed by atoms with E-state index in [9.17, 15) is 4.79 Å². The van der Waals surface area contributed by atoms with Gasteiger partial charge >= 0.3 is 5.97 Å². The predicted octanol–water partition coefficient (Wildman–Crippen LogP) is 6.64. The number of carbonyl (C=O) groups excluding carboxylic acids is 1. The number of ether oxygens (including phenoxy) is 3. The van der Waals surface area contributed by atoms with Gasteiger partial charge in [0.1, 0.15) is 5.75 Å². The van der Waals surface area contributed by atoms with E-state index in [1.165, 1.54) is 18.2 Å². The Labute approximate surface area is 206 Å². The Morgan fingerprint density at radius 3 is 2.63 bits per heavy atom. The van der Waals surface area contributed by atoms with E-state index in [0.717, 1.165) is 56.1 Å². The van der Waals surface area contributed by atoms with Gasteiger partial charge in [-0.05, 0) is 80.3 Å². The highest BCUT2D eigenvalue weighted by Crippen LogP contribution is 2.45. The average Bonchev–Trinajstić information content (AvgIpc) is 2.81. The molecule has 5 nitrogen and oxygen atoms in total. The molecule has 0 fully saturated rings. The molecule has 5 heteroatoms. The topological polar surface area (TPSA) is 57.7 Å². The number of nitrogens with zero attached hydrogens (tertiary/aromatic N) is 1. The molecule has 1 aliphatic rings. The molecular formula is C30H31NO4. The summed E-state index contributed by atoms with van der Waals surface area (Å²) in [6.45, 7) is 10.6. The van der Waals surface area contributed by atoms with Crippen molar-refractivity contribution in [3.05, 3.63) is 70.9 Å². The Morgan fingerprint density at radius 2 is 1.89 bits per heavy atom. The van der Waals surface area contributed by atoms with Crippen LogP contribution in [0.1, 0.15) is 49.1 Å². The smallest absolute Gasteiger partial charge is 0.339 e. The van der Waals surface area contributed by atoms with Crippen molar-refractivity contribution in [3.8, 4) is 16.9 Å². The van der Waals surface area contributed by atoms with E-state index in [1.807, 2.05) is 40.0 Å². The van der Waals surface area contributed by atoms with Gasteiger partial charge in [-0.25, -0.2) is 4.79 Å². The second-order valence-electron chi connectivity index (χ2n) is 10.2. The number of aromatic nitrogens is 1. The molecule has 1 aliphatic heterocycles. The van der Waals surface area contributed by atoms with Gasteiger partial charge in [0.15, 0.2) is 6.10 Å². The lowest BCUT2D eigenvalue weighted by Gasteiger charge is -2.30. The Kier molecular flexibility index (Phi) is 5.76. The minimum absolute atomic E-state index is 0.422. The third-order valence-electron chi connectivity index (χ3n) is 6.53. The summed E-state index contributed by atoms with van der Waals surface area (Å²) in [6.07, 6.45) is 1.82. The van der Waals surface area contributed by atoms with Crippen LogP contribution in [0.2, 0.25) is 0 Å². The molecule has 0 saturated carbocycles. The van der Waals surface area contributed by atoms with E-state index in [0.29, 0.717) is 6.61 Å². The molecule has 0 radical (unpaired) electrons. The van der Waals surface area contributed by atoms with Crippen molar-refractivity contribution < 1.29 is 19.0 Å². The Bertz CT molecular complexity index is 1460. The van der Waals surface area contributed by atoms with Crippen LogP contribution in [0.3, 0.4) is 0 Å². The SMILES string of the molecule is COC(=O)[C@@H](OC(C)(C)C)c1c(C)cc2cc(C)ccc2c1-c1ccc2c3c(ccnc13)CCO2. The summed E-state index contributed by atoms with van der Waals surface area (Å²) in [5, 5.41) is 3.19. The maximum atomic E-state index is 13.2. The van der Waals surface area contributed by atoms with Gasteiger partial charge in [0.2, 0.25) is 0 Å². The number of hydrogen-bond acceptors (Lipinski definition) is 5. The number of hydrogen-bond donors (Lipinski definition) is 0. The molecule has 3 aromatic carbocycles. The number of carbonyl (C=O) groups is 1. The Morgan fingerprint density at radius 1 is 1.09 bits per heavy atom. The lowest BCUT2D eigenvalue weighted by Crippen LogP contribution is -2.29. The number of fused-ring (bicyclic) bond motifs is 1. The van der Waals surface area contributed by atoms with E-state index >= 15 is 0 Å². The minimum atomic E-state index is -0.886. The van der Waals surface area contributed by atoms with Crippen molar-refractivity contribution in [2.75, 3.05) is 13.7 Å². The van der Waals surface area contributed by atoms with E-state index in [4.69, 9.17) is 19.2 Å². The molecule has 1 aromatic heterocycles. The molecule has 0 spiro atoms. The van der Waals surface area contributed by atoms with Gasteiger partial charge < -0.3 is 14.2 Å². The summed E-state index contributed by atoms with van der Waals surface area (Å²) in [5.74, 6) is 0.428. The number of pyridine rings is 1. The van der Waals surface area contributed by atoms with Gasteiger partial charge in [0.25, 0.3) is 0 Å². The largest absolute Gasteiger partial charge is 0.493 e. The number of benzene rings is 3. The van der Waals surface area contributed by atoms with Gasteiger partial charge in [-0.1, -0.05) is 29.8 Å². The molecule has 180 valence electrons. The molecule has 0 saturated heterocycles. The first-order chi connectivity index (χ1) is 16.7. The fourth-order valence-corrected chi connectivity index (χ4v) is 5.10. The monoisotopic (exact) mass is 469 g/mol. The zero-order valence-electron chi connectivity index (χ0n) is 21.2. The summed E-state index contributed by atoms with van der Waals surface area (Å²) in [7, 11) is 1.40. The molecule has 0 unspecified atom stereocenters. The lowest BCUT2D eigenvalue weighted by atomic mass is 9.85. The molecule has 5 rings (SSSR count). The van der Waals surface area contributed by atoms with Gasteiger partial charge in [0.05, 0.1) is 24.8 Å². The lowest BCUT2D eigenvalue weighted by molar-refractivity contribution is -0.164. The summed E-state index contributed by atoms with van der Waals surface area (Å²) in [6, 6.07) is 14.7. The first-order valence-electron chi connectivity index (χ1n) is 12.0. The zero-order valence-corrected chi connectivity index (χ0v) is 21.2.